The number of piperazine rings is 1. The predicted molar refractivity (Wildman–Crippen MR) is 75.5 cm³/mol. The Hall–Kier alpha value is -0.380. The molecule has 0 spiro atoms. The van der Waals surface area contributed by atoms with Crippen molar-refractivity contribution in [1.29, 1.82) is 0 Å². The molecular formula is C14H29N3. The summed E-state index contributed by atoms with van der Waals surface area (Å²) < 4.78 is 0. The van der Waals surface area contributed by atoms with Gasteiger partial charge in [0.1, 0.15) is 0 Å². The van der Waals surface area contributed by atoms with Crippen LogP contribution in [0.3, 0.4) is 0 Å². The Bertz CT molecular complexity index is 230. The van der Waals surface area contributed by atoms with Crippen LogP contribution in [0.2, 0.25) is 0 Å². The second-order valence-corrected chi connectivity index (χ2v) is 5.15. The van der Waals surface area contributed by atoms with E-state index in [1.165, 1.54) is 32.6 Å². The van der Waals surface area contributed by atoms with Crippen LogP contribution in [0.15, 0.2) is 11.6 Å². The Morgan fingerprint density at radius 3 is 2.35 bits per heavy atom. The van der Waals surface area contributed by atoms with Crippen LogP contribution in [0.5, 0.6) is 0 Å². The summed E-state index contributed by atoms with van der Waals surface area (Å²) in [5, 5.41) is 0. The van der Waals surface area contributed by atoms with Gasteiger partial charge in [0.2, 0.25) is 0 Å². The van der Waals surface area contributed by atoms with Gasteiger partial charge in [-0.05, 0) is 27.1 Å². The lowest BCUT2D eigenvalue weighted by Gasteiger charge is -2.31. The standard InChI is InChI=1S/C14H29N3/c1-5-14(13-15(3)6-2)7-8-17-11-9-16(4)10-12-17/h7H,5-6,8-13H2,1-4H3/b14-7+. The minimum atomic E-state index is 1.13. The zero-order valence-corrected chi connectivity index (χ0v) is 12.1. The first-order chi connectivity index (χ1) is 8.15. The van der Waals surface area contributed by atoms with Crippen molar-refractivity contribution >= 4 is 0 Å². The third-order valence-corrected chi connectivity index (χ3v) is 3.70. The molecule has 1 saturated heterocycles. The lowest BCUT2D eigenvalue weighted by atomic mass is 10.1. The molecule has 1 fully saturated rings. The lowest BCUT2D eigenvalue weighted by molar-refractivity contribution is 0.166. The molecule has 0 atom stereocenters. The molecule has 0 radical (unpaired) electrons. The van der Waals surface area contributed by atoms with Crippen molar-refractivity contribution in [3.63, 3.8) is 0 Å². The smallest absolute Gasteiger partial charge is 0.0190 e. The Kier molecular flexibility index (Phi) is 6.78. The fraction of sp³-hybridized carbons (Fsp3) is 0.857. The van der Waals surface area contributed by atoms with Crippen LogP contribution >= 0.6 is 0 Å². The van der Waals surface area contributed by atoms with Gasteiger partial charge in [-0.1, -0.05) is 25.5 Å². The molecular weight excluding hydrogens is 210 g/mol. The Labute approximate surface area is 107 Å². The number of hydrogen-bond acceptors (Lipinski definition) is 3. The molecule has 1 heterocycles. The van der Waals surface area contributed by atoms with Crippen LogP contribution in [-0.2, 0) is 0 Å². The number of nitrogens with zero attached hydrogens (tertiary/aromatic N) is 3. The summed E-state index contributed by atoms with van der Waals surface area (Å²) in [7, 11) is 4.40. The molecule has 0 unspecified atom stereocenters. The van der Waals surface area contributed by atoms with Crippen molar-refractivity contribution in [2.24, 2.45) is 0 Å². The molecule has 0 amide bonds. The molecule has 3 heteroatoms. The molecule has 1 aliphatic rings. The molecule has 17 heavy (non-hydrogen) atoms. The van der Waals surface area contributed by atoms with Crippen LogP contribution in [-0.4, -0.2) is 74.6 Å². The van der Waals surface area contributed by atoms with Crippen LogP contribution in [0.25, 0.3) is 0 Å². The van der Waals surface area contributed by atoms with E-state index >= 15 is 0 Å². The number of rotatable bonds is 6. The van der Waals surface area contributed by atoms with Gasteiger partial charge in [-0.25, -0.2) is 0 Å². The topological polar surface area (TPSA) is 9.72 Å². The first kappa shape index (κ1) is 14.7. The maximum absolute atomic E-state index is 2.56. The maximum atomic E-state index is 2.56. The molecule has 0 aromatic carbocycles. The van der Waals surface area contributed by atoms with Gasteiger partial charge in [0.05, 0.1) is 0 Å². The molecule has 1 aliphatic heterocycles. The average Bonchev–Trinajstić information content (AvgIpc) is 2.36. The second kappa shape index (κ2) is 7.85. The van der Waals surface area contributed by atoms with E-state index in [0.717, 1.165) is 19.6 Å². The van der Waals surface area contributed by atoms with E-state index in [2.05, 4.69) is 48.7 Å². The zero-order chi connectivity index (χ0) is 12.7. The second-order valence-electron chi connectivity index (χ2n) is 5.15. The first-order valence-electron chi connectivity index (χ1n) is 6.93. The molecule has 0 bridgehead atoms. The highest BCUT2D eigenvalue weighted by atomic mass is 15.2. The summed E-state index contributed by atoms with van der Waals surface area (Å²) in [6.45, 7) is 12.7. The van der Waals surface area contributed by atoms with Gasteiger partial charge in [-0.3, -0.25) is 4.90 Å². The van der Waals surface area contributed by atoms with E-state index in [-0.39, 0.29) is 0 Å². The first-order valence-corrected chi connectivity index (χ1v) is 6.93. The minimum absolute atomic E-state index is 1.13. The van der Waals surface area contributed by atoms with Crippen LogP contribution in [0.4, 0.5) is 0 Å². The summed E-state index contributed by atoms with van der Waals surface area (Å²) in [5.74, 6) is 0. The van der Waals surface area contributed by atoms with Crippen molar-refractivity contribution < 1.29 is 0 Å². The summed E-state index contributed by atoms with van der Waals surface area (Å²) in [6.07, 6.45) is 3.62. The van der Waals surface area contributed by atoms with Gasteiger partial charge in [0, 0.05) is 39.3 Å². The summed E-state index contributed by atoms with van der Waals surface area (Å²) in [6, 6.07) is 0. The molecule has 1 rings (SSSR count). The van der Waals surface area contributed by atoms with Crippen LogP contribution in [0.1, 0.15) is 20.3 Å². The number of likely N-dealkylation sites (N-methyl/N-ethyl adjacent to an activating group) is 2. The van der Waals surface area contributed by atoms with E-state index in [9.17, 15) is 0 Å². The zero-order valence-electron chi connectivity index (χ0n) is 12.1. The molecule has 0 N–H and O–H groups in total. The molecule has 100 valence electrons. The highest BCUT2D eigenvalue weighted by Crippen LogP contribution is 2.05. The quantitative estimate of drug-likeness (QED) is 0.651. The highest BCUT2D eigenvalue weighted by molar-refractivity contribution is 5.05. The Balaban J connectivity index is 2.33. The minimum Gasteiger partial charge on any atom is -0.304 e. The van der Waals surface area contributed by atoms with Crippen molar-refractivity contribution in [3.8, 4) is 0 Å². The third-order valence-electron chi connectivity index (χ3n) is 3.70. The normalized spacial score (nSPS) is 20.2. The van der Waals surface area contributed by atoms with Crippen molar-refractivity contribution in [1.82, 2.24) is 14.7 Å². The van der Waals surface area contributed by atoms with Gasteiger partial charge >= 0.3 is 0 Å². The number of hydrogen-bond donors (Lipinski definition) is 0. The average molecular weight is 239 g/mol. The van der Waals surface area contributed by atoms with E-state index in [0.29, 0.717) is 0 Å². The van der Waals surface area contributed by atoms with Gasteiger partial charge < -0.3 is 9.80 Å². The Morgan fingerprint density at radius 1 is 1.18 bits per heavy atom. The van der Waals surface area contributed by atoms with Crippen LogP contribution < -0.4 is 0 Å². The van der Waals surface area contributed by atoms with E-state index in [1.807, 2.05) is 0 Å². The summed E-state index contributed by atoms with van der Waals surface area (Å²) >= 11 is 0. The molecule has 0 aliphatic carbocycles. The molecule has 0 aromatic rings. The monoisotopic (exact) mass is 239 g/mol. The summed E-state index contributed by atoms with van der Waals surface area (Å²) in [4.78, 5) is 7.34. The lowest BCUT2D eigenvalue weighted by Crippen LogP contribution is -2.44. The predicted octanol–water partition coefficient (Wildman–Crippen LogP) is 1.52. The third kappa shape index (κ3) is 5.66. The van der Waals surface area contributed by atoms with Gasteiger partial charge in [0.15, 0.2) is 0 Å². The molecule has 0 saturated carbocycles. The Morgan fingerprint density at radius 2 is 1.82 bits per heavy atom. The fourth-order valence-corrected chi connectivity index (χ4v) is 2.07. The highest BCUT2D eigenvalue weighted by Gasteiger charge is 2.12. The SMILES string of the molecule is CC/C(=C\CN1CCN(C)CC1)CN(C)CC. The summed E-state index contributed by atoms with van der Waals surface area (Å²) in [5.41, 5.74) is 1.58. The van der Waals surface area contributed by atoms with Gasteiger partial charge in [-0.2, -0.15) is 0 Å². The molecule has 0 aromatic heterocycles. The molecule has 3 nitrogen and oxygen atoms in total. The van der Waals surface area contributed by atoms with E-state index in [1.54, 1.807) is 5.57 Å². The van der Waals surface area contributed by atoms with Crippen molar-refractivity contribution in [2.45, 2.75) is 20.3 Å². The van der Waals surface area contributed by atoms with E-state index < -0.39 is 0 Å². The fourth-order valence-electron chi connectivity index (χ4n) is 2.07. The van der Waals surface area contributed by atoms with Gasteiger partial charge in [0.25, 0.3) is 0 Å². The van der Waals surface area contributed by atoms with Crippen LogP contribution in [0, 0.1) is 0 Å². The maximum Gasteiger partial charge on any atom is 0.0190 e. The van der Waals surface area contributed by atoms with Crippen molar-refractivity contribution in [2.75, 3.05) is 59.9 Å². The largest absolute Gasteiger partial charge is 0.304 e. The van der Waals surface area contributed by atoms with Gasteiger partial charge in [-0.15, -0.1) is 0 Å². The van der Waals surface area contributed by atoms with E-state index in [4.69, 9.17) is 0 Å². The van der Waals surface area contributed by atoms with Crippen molar-refractivity contribution in [3.05, 3.63) is 11.6 Å².